The van der Waals surface area contributed by atoms with E-state index in [1.807, 2.05) is 40.5 Å². The third-order valence-corrected chi connectivity index (χ3v) is 1.41. The van der Waals surface area contributed by atoms with Gasteiger partial charge in [-0.1, -0.05) is 13.8 Å². The van der Waals surface area contributed by atoms with E-state index in [9.17, 15) is 0 Å². The predicted molar refractivity (Wildman–Crippen MR) is 81.1 cm³/mol. The zero-order chi connectivity index (χ0) is 14.0. The van der Waals surface area contributed by atoms with Crippen molar-refractivity contribution < 1.29 is 21.7 Å². The van der Waals surface area contributed by atoms with Gasteiger partial charge in [0.1, 0.15) is 0 Å². The van der Waals surface area contributed by atoms with Gasteiger partial charge in [-0.05, 0) is 0 Å². The van der Waals surface area contributed by atoms with E-state index in [-0.39, 0.29) is 21.7 Å². The van der Waals surface area contributed by atoms with E-state index in [1.165, 1.54) is 24.7 Å². The van der Waals surface area contributed by atoms with E-state index in [0.717, 1.165) is 0 Å². The smallest absolute Gasteiger partial charge is 0.335 e. The molecule has 17 heavy (non-hydrogen) atoms. The predicted octanol–water partition coefficient (Wildman–Crippen LogP) is 6.48. The van der Waals surface area contributed by atoms with E-state index in [4.69, 9.17) is 0 Å². The van der Waals surface area contributed by atoms with E-state index in [1.54, 1.807) is 0 Å². The molecular formula is C16H36Ti. The topological polar surface area (TPSA) is 0 Å². The molecule has 0 aliphatic rings. The van der Waals surface area contributed by atoms with Crippen LogP contribution in [-0.2, 0) is 21.7 Å². The Bertz CT molecular complexity index is 57.9. The van der Waals surface area contributed by atoms with Gasteiger partial charge in [-0.25, -0.2) is 0 Å². The zero-order valence-corrected chi connectivity index (χ0v) is 15.6. The minimum absolute atomic E-state index is 0. The second-order valence-corrected chi connectivity index (χ2v) is 4.28. The summed E-state index contributed by atoms with van der Waals surface area (Å²) in [6.45, 7) is 20.9. The fourth-order valence-corrected chi connectivity index (χ4v) is 0. The Morgan fingerprint density at radius 2 is 0.706 bits per heavy atom. The summed E-state index contributed by atoms with van der Waals surface area (Å²) in [6, 6.07) is 0. The standard InChI is InChI=1S/2C5H11.2C3H7.Ti/c2*1-4-5(2)3;2*1-3-2;/h2*4H2,1-3H3;2*3H,1-2H3;/q4*-1;+4. The molecule has 0 spiro atoms. The fourth-order valence-electron chi connectivity index (χ4n) is 0. The van der Waals surface area contributed by atoms with Crippen LogP contribution in [0, 0.1) is 24.7 Å². The van der Waals surface area contributed by atoms with Crippen LogP contribution in [0.5, 0.6) is 0 Å². The molecular weight excluding hydrogens is 240 g/mol. The summed E-state index contributed by atoms with van der Waals surface area (Å²) in [5.41, 5.74) is 0. The average Bonchev–Trinajstić information content (AvgIpc) is 2.21. The molecule has 0 bridgehead atoms. The zero-order valence-electron chi connectivity index (χ0n) is 14.1. The molecule has 0 nitrogen and oxygen atoms in total. The van der Waals surface area contributed by atoms with Crippen molar-refractivity contribution in [3.05, 3.63) is 24.7 Å². The average molecular weight is 276 g/mol. The Morgan fingerprint density at radius 1 is 0.647 bits per heavy atom. The van der Waals surface area contributed by atoms with Crippen molar-refractivity contribution in [2.75, 3.05) is 0 Å². The molecule has 0 aromatic carbocycles. The van der Waals surface area contributed by atoms with Gasteiger partial charge in [0.2, 0.25) is 0 Å². The summed E-state index contributed by atoms with van der Waals surface area (Å²) >= 11 is 0. The molecule has 0 saturated carbocycles. The van der Waals surface area contributed by atoms with Gasteiger partial charge in [0.15, 0.2) is 0 Å². The Morgan fingerprint density at radius 3 is 0.706 bits per heavy atom. The molecule has 104 valence electrons. The SMILES string of the molecule is CC[C-](C)C.CC[C-](C)C.C[CH-]C.C[CH-]C.[Ti+4]. The molecule has 0 fully saturated rings. The van der Waals surface area contributed by atoms with Crippen LogP contribution in [0.1, 0.15) is 82.1 Å². The molecule has 0 atom stereocenters. The molecule has 0 aliphatic heterocycles. The van der Waals surface area contributed by atoms with E-state index < -0.39 is 0 Å². The van der Waals surface area contributed by atoms with Gasteiger partial charge in [0, 0.05) is 0 Å². The number of rotatable bonds is 2. The number of hydrogen-bond donors (Lipinski definition) is 0. The van der Waals surface area contributed by atoms with Gasteiger partial charge >= 0.3 is 21.7 Å². The van der Waals surface area contributed by atoms with Crippen molar-refractivity contribution in [1.29, 1.82) is 0 Å². The molecule has 0 N–H and O–H groups in total. The second-order valence-electron chi connectivity index (χ2n) is 4.28. The van der Waals surface area contributed by atoms with Crippen LogP contribution in [0.4, 0.5) is 0 Å². The fraction of sp³-hybridized carbons (Fsp3) is 0.750. The first-order valence-electron chi connectivity index (χ1n) is 6.43. The van der Waals surface area contributed by atoms with Gasteiger partial charge in [0.25, 0.3) is 0 Å². The van der Waals surface area contributed by atoms with Gasteiger partial charge in [-0.2, -0.15) is 68.2 Å². The van der Waals surface area contributed by atoms with Gasteiger partial charge in [-0.3, -0.25) is 0 Å². The first kappa shape index (κ1) is 30.6. The molecule has 0 saturated heterocycles. The molecule has 0 amide bonds. The third kappa shape index (κ3) is 163. The van der Waals surface area contributed by atoms with Crippen molar-refractivity contribution in [1.82, 2.24) is 0 Å². The minimum Gasteiger partial charge on any atom is -0.335 e. The molecule has 0 heterocycles. The molecule has 0 unspecified atom stereocenters. The van der Waals surface area contributed by atoms with Crippen LogP contribution in [0.15, 0.2) is 0 Å². The first-order valence-corrected chi connectivity index (χ1v) is 6.43. The van der Waals surface area contributed by atoms with Crippen LogP contribution < -0.4 is 0 Å². The van der Waals surface area contributed by atoms with Crippen LogP contribution in [0.3, 0.4) is 0 Å². The summed E-state index contributed by atoms with van der Waals surface area (Å²) in [5, 5.41) is 0. The van der Waals surface area contributed by atoms with Crippen molar-refractivity contribution in [2.24, 2.45) is 0 Å². The van der Waals surface area contributed by atoms with Gasteiger partial charge in [0.05, 0.1) is 0 Å². The Hall–Kier alpha value is 0.714. The Balaban J connectivity index is -0.0000000381. The van der Waals surface area contributed by atoms with Crippen molar-refractivity contribution in [3.63, 3.8) is 0 Å². The quantitative estimate of drug-likeness (QED) is 0.400. The summed E-state index contributed by atoms with van der Waals surface area (Å²) in [6.07, 6.45) is 6.44. The normalized spacial score (nSPS) is 7.76. The van der Waals surface area contributed by atoms with Crippen LogP contribution in [-0.4, -0.2) is 0 Å². The van der Waals surface area contributed by atoms with Crippen molar-refractivity contribution in [3.8, 4) is 0 Å². The van der Waals surface area contributed by atoms with E-state index in [2.05, 4.69) is 41.5 Å². The molecule has 0 aromatic heterocycles. The first-order chi connectivity index (χ1) is 7.37. The van der Waals surface area contributed by atoms with Crippen LogP contribution in [0.25, 0.3) is 0 Å². The number of hydrogen-bond acceptors (Lipinski definition) is 0. The Kier molecular flexibility index (Phi) is 64.7. The summed E-state index contributed by atoms with van der Waals surface area (Å²) in [7, 11) is 0. The molecule has 0 aromatic rings. The summed E-state index contributed by atoms with van der Waals surface area (Å²) in [5.74, 6) is 3.01. The maximum Gasteiger partial charge on any atom is 4.00 e. The molecule has 1 heteroatoms. The van der Waals surface area contributed by atoms with E-state index >= 15 is 0 Å². The monoisotopic (exact) mass is 276 g/mol. The molecule has 0 aliphatic carbocycles. The largest absolute Gasteiger partial charge is 4.00 e. The second kappa shape index (κ2) is 36.0. The third-order valence-electron chi connectivity index (χ3n) is 1.41. The summed E-state index contributed by atoms with van der Waals surface area (Å²) in [4.78, 5) is 0. The minimum atomic E-state index is 0. The van der Waals surface area contributed by atoms with Gasteiger partial charge in [-0.15, -0.1) is 0 Å². The van der Waals surface area contributed by atoms with Crippen LogP contribution in [0.2, 0.25) is 0 Å². The Labute approximate surface area is 128 Å². The van der Waals surface area contributed by atoms with Gasteiger partial charge < -0.3 is 24.7 Å². The molecule has 0 radical (unpaired) electrons. The van der Waals surface area contributed by atoms with E-state index in [0.29, 0.717) is 0 Å². The molecule has 0 rings (SSSR count). The van der Waals surface area contributed by atoms with Crippen LogP contribution >= 0.6 is 0 Å². The maximum atomic E-state index is 2.16. The maximum absolute atomic E-state index is 2.16. The summed E-state index contributed by atoms with van der Waals surface area (Å²) < 4.78 is 0. The van der Waals surface area contributed by atoms with Crippen molar-refractivity contribution >= 4 is 0 Å². The van der Waals surface area contributed by atoms with Crippen molar-refractivity contribution in [2.45, 2.75) is 82.1 Å².